The molecule has 0 aromatic carbocycles. The Morgan fingerprint density at radius 2 is 2.00 bits per heavy atom. The molecule has 0 bridgehead atoms. The van der Waals surface area contributed by atoms with Gasteiger partial charge in [-0.2, -0.15) is 0 Å². The van der Waals surface area contributed by atoms with E-state index in [0.29, 0.717) is 18.3 Å². The third kappa shape index (κ3) is 4.47. The minimum Gasteiger partial charge on any atom is -0.477 e. The maximum Gasteiger partial charge on any atom is 0.317 e. The lowest BCUT2D eigenvalue weighted by Gasteiger charge is -2.34. The number of hydrogen-bond donors (Lipinski definition) is 1. The molecule has 1 aromatic heterocycles. The summed E-state index contributed by atoms with van der Waals surface area (Å²) in [6.07, 6.45) is 4.77. The molecule has 0 aliphatic carbocycles. The van der Waals surface area contributed by atoms with E-state index in [1.165, 1.54) is 7.11 Å². The maximum atomic E-state index is 12.2. The second kappa shape index (κ2) is 6.81. The Morgan fingerprint density at radius 3 is 2.64 bits per heavy atom. The van der Waals surface area contributed by atoms with Crippen molar-refractivity contribution in [2.45, 2.75) is 45.3 Å². The Balaban J connectivity index is 1.97. The number of nitrogens with zero attached hydrogens (tertiary/aromatic N) is 3. The van der Waals surface area contributed by atoms with E-state index in [-0.39, 0.29) is 17.7 Å². The van der Waals surface area contributed by atoms with Crippen LogP contribution in [0.4, 0.5) is 4.79 Å². The fourth-order valence-corrected chi connectivity index (χ4v) is 2.31. The van der Waals surface area contributed by atoms with Crippen LogP contribution in [0, 0.1) is 0 Å². The summed E-state index contributed by atoms with van der Waals surface area (Å²) in [6, 6.07) is -0.0630. The monoisotopic (exact) mass is 308 g/mol. The highest BCUT2D eigenvalue weighted by atomic mass is 16.5. The lowest BCUT2D eigenvalue weighted by molar-refractivity contribution is 0.0921. The molecule has 1 N–H and O–H groups in total. The molecule has 2 amide bonds. The van der Waals surface area contributed by atoms with Gasteiger partial charge in [-0.3, -0.25) is 0 Å². The zero-order chi connectivity index (χ0) is 16.2. The van der Waals surface area contributed by atoms with E-state index in [0.717, 1.165) is 19.4 Å². The minimum atomic E-state index is -0.251. The largest absolute Gasteiger partial charge is 0.477 e. The number of nitrogens with one attached hydrogen (secondary N) is 1. The SMILES string of the molecule is COc1nccnc1OC1CCCN(C(=O)NC(C)(C)C)C1. The summed E-state index contributed by atoms with van der Waals surface area (Å²) in [5.74, 6) is 0.729. The molecule has 0 radical (unpaired) electrons. The van der Waals surface area contributed by atoms with E-state index < -0.39 is 0 Å². The number of urea groups is 1. The molecular weight excluding hydrogens is 284 g/mol. The van der Waals surface area contributed by atoms with Crippen LogP contribution in [0.5, 0.6) is 11.8 Å². The third-order valence-electron chi connectivity index (χ3n) is 3.25. The van der Waals surface area contributed by atoms with Gasteiger partial charge in [0.05, 0.1) is 13.7 Å². The van der Waals surface area contributed by atoms with Gasteiger partial charge in [-0.1, -0.05) is 0 Å². The Kier molecular flexibility index (Phi) is 5.05. The highest BCUT2D eigenvalue weighted by molar-refractivity contribution is 5.75. The van der Waals surface area contributed by atoms with Gasteiger partial charge in [-0.25, -0.2) is 14.8 Å². The molecule has 2 rings (SSSR count). The van der Waals surface area contributed by atoms with Crippen LogP contribution in [0.2, 0.25) is 0 Å². The van der Waals surface area contributed by atoms with E-state index >= 15 is 0 Å². The van der Waals surface area contributed by atoms with Crippen LogP contribution in [-0.2, 0) is 0 Å². The highest BCUT2D eigenvalue weighted by Gasteiger charge is 2.27. The van der Waals surface area contributed by atoms with Crippen molar-refractivity contribution >= 4 is 6.03 Å². The van der Waals surface area contributed by atoms with Crippen LogP contribution in [0.15, 0.2) is 12.4 Å². The van der Waals surface area contributed by atoms with Crippen molar-refractivity contribution in [3.05, 3.63) is 12.4 Å². The van der Waals surface area contributed by atoms with Crippen LogP contribution >= 0.6 is 0 Å². The number of aromatic nitrogens is 2. The molecule has 1 atom stereocenters. The lowest BCUT2D eigenvalue weighted by atomic mass is 10.1. The van der Waals surface area contributed by atoms with Crippen molar-refractivity contribution in [1.82, 2.24) is 20.2 Å². The van der Waals surface area contributed by atoms with Crippen molar-refractivity contribution in [3.63, 3.8) is 0 Å². The topological polar surface area (TPSA) is 76.6 Å². The van der Waals surface area contributed by atoms with Gasteiger partial charge in [0.2, 0.25) is 0 Å². The molecule has 122 valence electrons. The number of hydrogen-bond acceptors (Lipinski definition) is 5. The number of ether oxygens (including phenoxy) is 2. The van der Waals surface area contributed by atoms with Crippen molar-refractivity contribution in [3.8, 4) is 11.8 Å². The number of carbonyl (C=O) groups is 1. The van der Waals surface area contributed by atoms with Crippen molar-refractivity contribution < 1.29 is 14.3 Å². The summed E-state index contributed by atoms with van der Waals surface area (Å²) in [5, 5.41) is 2.97. The van der Waals surface area contributed by atoms with Gasteiger partial charge in [-0.15, -0.1) is 0 Å². The molecule has 2 heterocycles. The lowest BCUT2D eigenvalue weighted by Crippen LogP contribution is -2.53. The van der Waals surface area contributed by atoms with Crippen molar-refractivity contribution in [1.29, 1.82) is 0 Å². The van der Waals surface area contributed by atoms with E-state index in [4.69, 9.17) is 9.47 Å². The highest BCUT2D eigenvalue weighted by Crippen LogP contribution is 2.23. The molecule has 1 unspecified atom stereocenters. The molecule has 7 nitrogen and oxygen atoms in total. The first kappa shape index (κ1) is 16.3. The van der Waals surface area contributed by atoms with Gasteiger partial charge in [-0.05, 0) is 33.6 Å². The van der Waals surface area contributed by atoms with Gasteiger partial charge >= 0.3 is 6.03 Å². The first-order valence-corrected chi connectivity index (χ1v) is 7.48. The molecule has 1 aliphatic rings. The standard InChI is InChI=1S/C15H24N4O3/c1-15(2,3)18-14(20)19-9-5-6-11(10-19)22-13-12(21-4)16-7-8-17-13/h7-8,11H,5-6,9-10H2,1-4H3,(H,18,20). The number of rotatable bonds is 3. The summed E-state index contributed by atoms with van der Waals surface area (Å²) in [7, 11) is 1.53. The van der Waals surface area contributed by atoms with Crippen LogP contribution in [-0.4, -0.2) is 52.7 Å². The maximum absolute atomic E-state index is 12.2. The second-order valence-corrected chi connectivity index (χ2v) is 6.38. The molecule has 7 heteroatoms. The Morgan fingerprint density at radius 1 is 1.32 bits per heavy atom. The predicted octanol–water partition coefficient (Wildman–Crippen LogP) is 1.84. The minimum absolute atomic E-state index is 0.0630. The van der Waals surface area contributed by atoms with Crippen LogP contribution in [0.1, 0.15) is 33.6 Å². The average molecular weight is 308 g/mol. The summed E-state index contributed by atoms with van der Waals surface area (Å²) < 4.78 is 11.0. The number of amides is 2. The Bertz CT molecular complexity index is 516. The molecule has 0 saturated carbocycles. The first-order chi connectivity index (χ1) is 10.4. The van der Waals surface area contributed by atoms with E-state index in [9.17, 15) is 4.79 Å². The van der Waals surface area contributed by atoms with E-state index in [2.05, 4.69) is 15.3 Å². The number of carbonyl (C=O) groups excluding carboxylic acids is 1. The predicted molar refractivity (Wildman–Crippen MR) is 82.1 cm³/mol. The average Bonchev–Trinajstić information content (AvgIpc) is 2.46. The normalized spacial score (nSPS) is 18.7. The van der Waals surface area contributed by atoms with Gasteiger partial charge in [0.25, 0.3) is 11.8 Å². The zero-order valence-corrected chi connectivity index (χ0v) is 13.6. The molecule has 0 spiro atoms. The summed E-state index contributed by atoms with van der Waals surface area (Å²) in [4.78, 5) is 22.2. The van der Waals surface area contributed by atoms with Crippen molar-refractivity contribution in [2.75, 3.05) is 20.2 Å². The van der Waals surface area contributed by atoms with Crippen LogP contribution in [0.3, 0.4) is 0 Å². The number of piperidine rings is 1. The summed E-state index contributed by atoms with van der Waals surface area (Å²) >= 11 is 0. The van der Waals surface area contributed by atoms with Crippen LogP contribution in [0.25, 0.3) is 0 Å². The fraction of sp³-hybridized carbons (Fsp3) is 0.667. The molecule has 1 aromatic rings. The molecule has 1 saturated heterocycles. The quantitative estimate of drug-likeness (QED) is 0.922. The summed E-state index contributed by atoms with van der Waals surface area (Å²) in [6.45, 7) is 7.16. The van der Waals surface area contributed by atoms with Crippen LogP contribution < -0.4 is 14.8 Å². The zero-order valence-electron chi connectivity index (χ0n) is 13.6. The second-order valence-electron chi connectivity index (χ2n) is 6.38. The number of methoxy groups -OCH3 is 1. The fourth-order valence-electron chi connectivity index (χ4n) is 2.31. The molecule has 1 fully saturated rings. The Labute approximate surface area is 131 Å². The molecular formula is C15H24N4O3. The number of likely N-dealkylation sites (tertiary alicyclic amines) is 1. The Hall–Kier alpha value is -2.05. The van der Waals surface area contributed by atoms with Gasteiger partial charge in [0.15, 0.2) is 0 Å². The van der Waals surface area contributed by atoms with Gasteiger partial charge in [0, 0.05) is 24.5 Å². The summed E-state index contributed by atoms with van der Waals surface area (Å²) in [5.41, 5.74) is -0.251. The van der Waals surface area contributed by atoms with Gasteiger partial charge < -0.3 is 19.7 Å². The molecule has 22 heavy (non-hydrogen) atoms. The van der Waals surface area contributed by atoms with Gasteiger partial charge in [0.1, 0.15) is 6.10 Å². The third-order valence-corrected chi connectivity index (χ3v) is 3.25. The van der Waals surface area contributed by atoms with Crippen molar-refractivity contribution in [2.24, 2.45) is 0 Å². The van der Waals surface area contributed by atoms with E-state index in [1.54, 1.807) is 17.3 Å². The van der Waals surface area contributed by atoms with E-state index in [1.807, 2.05) is 20.8 Å². The smallest absolute Gasteiger partial charge is 0.317 e. The molecule has 1 aliphatic heterocycles. The first-order valence-electron chi connectivity index (χ1n) is 7.48.